The second-order valence-corrected chi connectivity index (χ2v) is 6.87. The number of aldehydes is 1. The van der Waals surface area contributed by atoms with Gasteiger partial charge in [0, 0.05) is 12.0 Å². The lowest BCUT2D eigenvalue weighted by atomic mass is 10.00. The zero-order chi connectivity index (χ0) is 20.7. The SMILES string of the molecule is COC(=O)CC(C)CCC=C(C)CCC=C(C=O)CCC=C(C)C(=O)OC. The standard InChI is InChI=1S/C22H34O5/c1-17(9-6-11-18(2)15-21(24)26-4)10-7-13-20(16-23)14-8-12-19(3)22(25)27-5/h9,12-13,16,18H,6-8,10-11,14-15H2,1-5H3. The molecule has 152 valence electrons. The molecule has 1 unspecified atom stereocenters. The lowest BCUT2D eigenvalue weighted by molar-refractivity contribution is -0.141. The van der Waals surface area contributed by atoms with E-state index < -0.39 is 0 Å². The molecular formula is C22H34O5. The summed E-state index contributed by atoms with van der Waals surface area (Å²) < 4.78 is 9.32. The van der Waals surface area contributed by atoms with Gasteiger partial charge in [-0.3, -0.25) is 9.59 Å². The number of ether oxygens (including phenoxy) is 2. The number of hydrogen-bond donors (Lipinski definition) is 0. The van der Waals surface area contributed by atoms with Crippen LogP contribution in [0.25, 0.3) is 0 Å². The van der Waals surface area contributed by atoms with Crippen LogP contribution in [-0.2, 0) is 23.9 Å². The van der Waals surface area contributed by atoms with Crippen LogP contribution >= 0.6 is 0 Å². The summed E-state index contributed by atoms with van der Waals surface area (Å²) in [4.78, 5) is 33.7. The smallest absolute Gasteiger partial charge is 0.333 e. The summed E-state index contributed by atoms with van der Waals surface area (Å²) in [6.45, 7) is 5.84. The molecule has 0 radical (unpaired) electrons. The lowest BCUT2D eigenvalue weighted by Crippen LogP contribution is -2.06. The van der Waals surface area contributed by atoms with Crippen molar-refractivity contribution < 1.29 is 23.9 Å². The fourth-order valence-corrected chi connectivity index (χ4v) is 2.58. The predicted octanol–water partition coefficient (Wildman–Crippen LogP) is 4.72. The first-order valence-electron chi connectivity index (χ1n) is 9.45. The molecule has 0 aliphatic carbocycles. The Morgan fingerprint density at radius 1 is 0.926 bits per heavy atom. The minimum Gasteiger partial charge on any atom is -0.469 e. The second-order valence-electron chi connectivity index (χ2n) is 6.87. The summed E-state index contributed by atoms with van der Waals surface area (Å²) in [5, 5.41) is 0. The third-order valence-corrected chi connectivity index (χ3v) is 4.38. The summed E-state index contributed by atoms with van der Waals surface area (Å²) in [5.74, 6) is -0.191. The Morgan fingerprint density at radius 2 is 1.59 bits per heavy atom. The van der Waals surface area contributed by atoms with E-state index in [0.29, 0.717) is 30.8 Å². The fraction of sp³-hybridized carbons (Fsp3) is 0.591. The van der Waals surface area contributed by atoms with Gasteiger partial charge in [-0.1, -0.05) is 30.7 Å². The Labute approximate surface area is 163 Å². The number of carbonyl (C=O) groups is 3. The van der Waals surface area contributed by atoms with Crippen molar-refractivity contribution in [2.24, 2.45) is 5.92 Å². The highest BCUT2D eigenvalue weighted by molar-refractivity contribution is 5.87. The first-order valence-corrected chi connectivity index (χ1v) is 9.45. The minimum atomic E-state index is -0.340. The Balaban J connectivity index is 4.25. The fourth-order valence-electron chi connectivity index (χ4n) is 2.58. The van der Waals surface area contributed by atoms with Crippen LogP contribution in [0.15, 0.2) is 34.9 Å². The highest BCUT2D eigenvalue weighted by Gasteiger charge is 2.08. The summed E-state index contributed by atoms with van der Waals surface area (Å²) >= 11 is 0. The van der Waals surface area contributed by atoms with Crippen molar-refractivity contribution in [3.8, 4) is 0 Å². The molecule has 0 aliphatic rings. The molecule has 0 spiro atoms. The van der Waals surface area contributed by atoms with Crippen molar-refractivity contribution in [3.05, 3.63) is 34.9 Å². The molecule has 5 nitrogen and oxygen atoms in total. The molecule has 0 fully saturated rings. The van der Waals surface area contributed by atoms with Crippen molar-refractivity contribution in [1.29, 1.82) is 0 Å². The lowest BCUT2D eigenvalue weighted by Gasteiger charge is -2.08. The van der Waals surface area contributed by atoms with Gasteiger partial charge in [0.25, 0.3) is 0 Å². The van der Waals surface area contributed by atoms with E-state index in [4.69, 9.17) is 0 Å². The van der Waals surface area contributed by atoms with Gasteiger partial charge in [0.15, 0.2) is 0 Å². The van der Waals surface area contributed by atoms with Gasteiger partial charge in [-0.25, -0.2) is 4.79 Å². The first-order chi connectivity index (χ1) is 12.8. The number of hydrogen-bond acceptors (Lipinski definition) is 5. The summed E-state index contributed by atoms with van der Waals surface area (Å²) in [6.07, 6.45) is 12.2. The summed E-state index contributed by atoms with van der Waals surface area (Å²) in [6, 6.07) is 0. The third kappa shape index (κ3) is 12.8. The molecule has 0 saturated heterocycles. The number of esters is 2. The van der Waals surface area contributed by atoms with E-state index in [1.165, 1.54) is 19.8 Å². The maximum atomic E-state index is 11.3. The number of allylic oxidation sites excluding steroid dienone is 5. The van der Waals surface area contributed by atoms with Crippen LogP contribution in [0, 0.1) is 5.92 Å². The Kier molecular flexibility index (Phi) is 13.7. The van der Waals surface area contributed by atoms with E-state index in [9.17, 15) is 14.4 Å². The molecule has 0 N–H and O–H groups in total. The Hall–Kier alpha value is -2.17. The van der Waals surface area contributed by atoms with Gasteiger partial charge < -0.3 is 9.47 Å². The molecule has 0 aliphatic heterocycles. The molecule has 0 aromatic heterocycles. The summed E-state index contributed by atoms with van der Waals surface area (Å²) in [5.41, 5.74) is 2.59. The van der Waals surface area contributed by atoms with E-state index in [1.807, 2.05) is 6.08 Å². The van der Waals surface area contributed by atoms with Gasteiger partial charge in [-0.15, -0.1) is 0 Å². The van der Waals surface area contributed by atoms with Crippen molar-refractivity contribution in [2.45, 2.75) is 65.7 Å². The zero-order valence-electron chi connectivity index (χ0n) is 17.4. The van der Waals surface area contributed by atoms with Gasteiger partial charge in [-0.2, -0.15) is 0 Å². The van der Waals surface area contributed by atoms with Crippen LogP contribution in [0.3, 0.4) is 0 Å². The maximum Gasteiger partial charge on any atom is 0.333 e. The predicted molar refractivity (Wildman–Crippen MR) is 107 cm³/mol. The van der Waals surface area contributed by atoms with Gasteiger partial charge >= 0.3 is 11.9 Å². The zero-order valence-corrected chi connectivity index (χ0v) is 17.4. The minimum absolute atomic E-state index is 0.161. The van der Waals surface area contributed by atoms with Crippen LogP contribution in [0.2, 0.25) is 0 Å². The van der Waals surface area contributed by atoms with Gasteiger partial charge in [0.1, 0.15) is 6.29 Å². The van der Waals surface area contributed by atoms with Crippen LogP contribution in [0.5, 0.6) is 0 Å². The van der Waals surface area contributed by atoms with E-state index >= 15 is 0 Å². The van der Waals surface area contributed by atoms with E-state index in [0.717, 1.165) is 37.5 Å². The van der Waals surface area contributed by atoms with Crippen molar-refractivity contribution in [1.82, 2.24) is 0 Å². The van der Waals surface area contributed by atoms with Crippen molar-refractivity contribution in [2.75, 3.05) is 14.2 Å². The highest BCUT2D eigenvalue weighted by Crippen LogP contribution is 2.15. The van der Waals surface area contributed by atoms with Crippen LogP contribution in [0.1, 0.15) is 65.7 Å². The van der Waals surface area contributed by atoms with E-state index in [1.54, 1.807) is 13.0 Å². The van der Waals surface area contributed by atoms with Crippen molar-refractivity contribution in [3.63, 3.8) is 0 Å². The molecule has 27 heavy (non-hydrogen) atoms. The van der Waals surface area contributed by atoms with Crippen molar-refractivity contribution >= 4 is 18.2 Å². The molecule has 0 amide bonds. The summed E-state index contributed by atoms with van der Waals surface area (Å²) in [7, 11) is 2.77. The maximum absolute atomic E-state index is 11.3. The van der Waals surface area contributed by atoms with Crippen LogP contribution in [-0.4, -0.2) is 32.4 Å². The number of methoxy groups -OCH3 is 2. The third-order valence-electron chi connectivity index (χ3n) is 4.38. The Bertz CT molecular complexity index is 569. The average Bonchev–Trinajstić information content (AvgIpc) is 2.65. The highest BCUT2D eigenvalue weighted by atomic mass is 16.5. The molecule has 5 heteroatoms. The largest absolute Gasteiger partial charge is 0.469 e. The molecule has 0 rings (SSSR count). The Morgan fingerprint density at radius 3 is 2.19 bits per heavy atom. The normalized spacial score (nSPS) is 13.9. The van der Waals surface area contributed by atoms with E-state index in [-0.39, 0.29) is 11.9 Å². The molecular weight excluding hydrogens is 344 g/mol. The van der Waals surface area contributed by atoms with Crippen LogP contribution < -0.4 is 0 Å². The monoisotopic (exact) mass is 378 g/mol. The molecule has 0 aromatic carbocycles. The molecule has 0 heterocycles. The number of carbonyl (C=O) groups excluding carboxylic acids is 3. The quantitative estimate of drug-likeness (QED) is 0.201. The van der Waals surface area contributed by atoms with E-state index in [2.05, 4.69) is 29.4 Å². The number of rotatable bonds is 13. The van der Waals surface area contributed by atoms with Gasteiger partial charge in [0.05, 0.1) is 14.2 Å². The van der Waals surface area contributed by atoms with Crippen LogP contribution in [0.4, 0.5) is 0 Å². The topological polar surface area (TPSA) is 69.7 Å². The molecule has 0 aromatic rings. The first kappa shape index (κ1) is 24.8. The molecule has 1 atom stereocenters. The second kappa shape index (κ2) is 14.9. The molecule has 0 saturated carbocycles. The molecule has 0 bridgehead atoms. The van der Waals surface area contributed by atoms with Gasteiger partial charge in [-0.05, 0) is 63.9 Å². The average molecular weight is 379 g/mol. The van der Waals surface area contributed by atoms with Gasteiger partial charge in [0.2, 0.25) is 0 Å².